The van der Waals surface area contributed by atoms with Crippen molar-refractivity contribution in [2.45, 2.75) is 285 Å². The minimum atomic E-state index is -2.30. The fraction of sp³-hybridized carbons (Fsp3) is 0.983. The summed E-state index contributed by atoms with van der Waals surface area (Å²) in [6.45, 7) is 15.5. The zero-order chi connectivity index (χ0) is 62.5. The summed E-state index contributed by atoms with van der Waals surface area (Å²) in [5.74, 6) is -1.34. The topological polar surface area (TPSA) is 422 Å². The first-order chi connectivity index (χ1) is 40.3. The molecule has 86 heavy (non-hydrogen) atoms. The quantitative estimate of drug-likeness (QED) is 0.0830. The van der Waals surface area contributed by atoms with Crippen LogP contribution in [0.15, 0.2) is 0 Å². The van der Waals surface area contributed by atoms with Gasteiger partial charge in [0, 0.05) is 10.8 Å². The number of fused-ring (bicyclic) bond motifs is 4. The molecule has 6 aliphatic heterocycles. The third-order valence-corrected chi connectivity index (χ3v) is 24.3. The normalized spacial score (nSPS) is 56.8. The standard InChI is InChI=1S/C59H96O27/c1-23-32(64)35(67)39(71)49(78-23)85-45-36(68)34(66)25(19-60)79-51(45)83-43-41(73)44(47(74)75)84-52(46(43)86-50-40(72)37(69)42(26(20-61)80-50)82-48-38(70)33(65)24(62)21-76-48)81-31-11-12-55(6)27(54(31,4)5)9-13-56(7)28(55)10-14-59-29-17-53(2,3)15-16-58(29,22-77-59)30(63)18-57(56,59)8/h23-46,48-52,60-73H,9-22H2,1-8H3,(H,74,75)/t23-,24+,25+,26+,27-,28+,29+,30+,31-,32-,33-,34-,35+,36-,37+,38+,39+,40+,41-,42+,43-,44-,45+,46+,48-,49-,50-,51-,52+,55-,56+,57-,58+,59-/m0/s1. The summed E-state index contributed by atoms with van der Waals surface area (Å²) in [5.41, 5.74) is -2.22. The average Bonchev–Trinajstić information content (AvgIpc) is 1.30. The van der Waals surface area contributed by atoms with Gasteiger partial charge in [0.1, 0.15) is 104 Å². The molecule has 2 bridgehead atoms. The number of carbonyl (C=O) groups is 1. The van der Waals surface area contributed by atoms with Crippen LogP contribution in [0.5, 0.6) is 0 Å². The van der Waals surface area contributed by atoms with E-state index in [0.717, 1.165) is 44.9 Å². The van der Waals surface area contributed by atoms with Gasteiger partial charge >= 0.3 is 5.97 Å². The van der Waals surface area contributed by atoms with E-state index in [1.54, 1.807) is 0 Å². The number of carboxylic acid groups (broad SMARTS) is 1. The Morgan fingerprint density at radius 3 is 1.79 bits per heavy atom. The molecule has 0 amide bonds. The van der Waals surface area contributed by atoms with E-state index in [-0.39, 0.29) is 44.8 Å². The van der Waals surface area contributed by atoms with Crippen molar-refractivity contribution in [1.29, 1.82) is 0 Å². The van der Waals surface area contributed by atoms with Gasteiger partial charge in [-0.3, -0.25) is 0 Å². The summed E-state index contributed by atoms with van der Waals surface area (Å²) in [4.78, 5) is 13.3. The van der Waals surface area contributed by atoms with Crippen LogP contribution in [0.2, 0.25) is 0 Å². The van der Waals surface area contributed by atoms with Crippen molar-refractivity contribution in [2.24, 2.45) is 50.2 Å². The summed E-state index contributed by atoms with van der Waals surface area (Å²) in [6.07, 6.45) is -38.4. The van der Waals surface area contributed by atoms with Crippen molar-refractivity contribution in [1.82, 2.24) is 0 Å². The predicted molar refractivity (Wildman–Crippen MR) is 288 cm³/mol. The van der Waals surface area contributed by atoms with Gasteiger partial charge in [-0.15, -0.1) is 0 Å². The summed E-state index contributed by atoms with van der Waals surface area (Å²) in [5, 5.41) is 166. The van der Waals surface area contributed by atoms with Crippen LogP contribution in [0.3, 0.4) is 0 Å². The fourth-order valence-electron chi connectivity index (χ4n) is 19.1. The van der Waals surface area contributed by atoms with E-state index in [1.165, 1.54) is 6.92 Å². The highest BCUT2D eigenvalue weighted by Crippen LogP contribution is 2.80. The van der Waals surface area contributed by atoms with E-state index >= 15 is 0 Å². The summed E-state index contributed by atoms with van der Waals surface area (Å²) in [7, 11) is 0. The van der Waals surface area contributed by atoms with Crippen LogP contribution in [0, 0.1) is 50.2 Å². The Morgan fingerprint density at radius 1 is 0.512 bits per heavy atom. The molecule has 6 saturated heterocycles. The zero-order valence-electron chi connectivity index (χ0n) is 50.2. The first kappa shape index (κ1) is 65.9. The maximum absolute atomic E-state index is 13.3. The molecule has 34 atom stereocenters. The highest BCUT2D eigenvalue weighted by Gasteiger charge is 2.80. The maximum atomic E-state index is 13.3. The molecule has 6 heterocycles. The largest absolute Gasteiger partial charge is 0.479 e. The highest BCUT2D eigenvalue weighted by molar-refractivity contribution is 5.73. The third kappa shape index (κ3) is 10.2. The van der Waals surface area contributed by atoms with E-state index in [4.69, 9.17) is 52.1 Å². The van der Waals surface area contributed by atoms with Crippen LogP contribution in [0.25, 0.3) is 0 Å². The monoisotopic (exact) mass is 1240 g/mol. The molecule has 27 nitrogen and oxygen atoms in total. The maximum Gasteiger partial charge on any atom is 0.335 e. The lowest BCUT2D eigenvalue weighted by atomic mass is 9.30. The van der Waals surface area contributed by atoms with Crippen molar-refractivity contribution >= 4 is 5.97 Å². The van der Waals surface area contributed by atoms with Gasteiger partial charge in [-0.05, 0) is 111 Å². The molecular weight excluding hydrogens is 1140 g/mol. The SMILES string of the molecule is C[C@@H]1O[C@@H](O[C@H]2[C@H](O[C@H]3[C@H](O)[C@@H](C(=O)O)O[C@@H](O[C@H]4CC[C@]5(C)[C@H]6CC[C@]78OC[C@@]9(CCC(C)(C)C[C@H]97)[C@H](O)C[C@@]8(C)[C@]6(C)CC[C@H]5C4(C)C)[C@@H]3O[C@@H]3O[C@H](CO)[C@@H](O[C@@H]4OC[C@@H](O)[C@H](O)[C@H]4O)[C@H](O)[C@H]3O)O[C@H](CO)[C@H](O)[C@@H]2O)[C@H](O)[C@H](O)[C@H]1O. The van der Waals surface area contributed by atoms with Crippen LogP contribution >= 0.6 is 0 Å². The third-order valence-electron chi connectivity index (χ3n) is 24.3. The number of hydrogen-bond acceptors (Lipinski definition) is 26. The van der Waals surface area contributed by atoms with Gasteiger partial charge in [0.25, 0.3) is 0 Å². The Bertz CT molecular complexity index is 2410. The predicted octanol–water partition coefficient (Wildman–Crippen LogP) is -2.77. The Hall–Kier alpha value is -1.53. The van der Waals surface area contributed by atoms with Gasteiger partial charge < -0.3 is 129 Å². The van der Waals surface area contributed by atoms with Gasteiger partial charge in [-0.25, -0.2) is 4.79 Å². The molecular formula is C59H96O27. The van der Waals surface area contributed by atoms with Crippen LogP contribution in [0.4, 0.5) is 0 Å². The number of ether oxygens (including phenoxy) is 11. The molecule has 0 unspecified atom stereocenters. The number of carboxylic acids is 1. The van der Waals surface area contributed by atoms with Gasteiger partial charge in [0.05, 0.1) is 50.3 Å². The van der Waals surface area contributed by atoms with Crippen LogP contribution in [-0.2, 0) is 56.9 Å². The van der Waals surface area contributed by atoms with Gasteiger partial charge in [-0.1, -0.05) is 48.5 Å². The lowest BCUT2D eigenvalue weighted by Gasteiger charge is -2.75. The molecule has 0 aromatic carbocycles. The van der Waals surface area contributed by atoms with E-state index in [9.17, 15) is 81.4 Å². The molecule has 0 aromatic heterocycles. The molecule has 11 aliphatic rings. The second-order valence-electron chi connectivity index (χ2n) is 29.5. The fourth-order valence-corrected chi connectivity index (χ4v) is 19.1. The van der Waals surface area contributed by atoms with Crippen LogP contribution in [-0.4, -0.2) is 274 Å². The van der Waals surface area contributed by atoms with Crippen molar-refractivity contribution < 1.29 is 133 Å². The Kier molecular flexibility index (Phi) is 18.0. The van der Waals surface area contributed by atoms with Crippen LogP contribution in [0.1, 0.15) is 120 Å². The smallest absolute Gasteiger partial charge is 0.335 e. The molecule has 494 valence electrons. The zero-order valence-corrected chi connectivity index (χ0v) is 50.2. The Labute approximate surface area is 499 Å². The molecule has 0 aromatic rings. The number of aliphatic hydroxyl groups is 14. The number of aliphatic carboxylic acids is 1. The van der Waals surface area contributed by atoms with E-state index in [1.807, 2.05) is 0 Å². The van der Waals surface area contributed by atoms with E-state index < -0.39 is 196 Å². The summed E-state index contributed by atoms with van der Waals surface area (Å²) in [6, 6.07) is 0. The molecule has 0 radical (unpaired) electrons. The molecule has 11 rings (SSSR count). The summed E-state index contributed by atoms with van der Waals surface area (Å²) < 4.78 is 68.3. The van der Waals surface area contributed by atoms with Crippen LogP contribution < -0.4 is 0 Å². The number of hydrogen-bond donors (Lipinski definition) is 15. The molecule has 11 fully saturated rings. The van der Waals surface area contributed by atoms with Crippen molar-refractivity contribution in [3.63, 3.8) is 0 Å². The molecule has 1 spiro atoms. The first-order valence-corrected chi connectivity index (χ1v) is 31.0. The van der Waals surface area contributed by atoms with Gasteiger partial charge in [-0.2, -0.15) is 0 Å². The van der Waals surface area contributed by atoms with E-state index in [0.29, 0.717) is 25.9 Å². The van der Waals surface area contributed by atoms with Crippen molar-refractivity contribution in [3.8, 4) is 0 Å². The average molecular weight is 1240 g/mol. The lowest BCUT2D eigenvalue weighted by Crippen LogP contribution is -2.74. The molecule has 5 aliphatic carbocycles. The number of aliphatic hydroxyl groups excluding tert-OH is 14. The Balaban J connectivity index is 0.915. The molecule has 15 N–H and O–H groups in total. The van der Waals surface area contributed by atoms with E-state index in [2.05, 4.69) is 48.5 Å². The summed E-state index contributed by atoms with van der Waals surface area (Å²) >= 11 is 0. The van der Waals surface area contributed by atoms with Crippen molar-refractivity contribution in [3.05, 3.63) is 0 Å². The minimum Gasteiger partial charge on any atom is -0.479 e. The van der Waals surface area contributed by atoms with Gasteiger partial charge in [0.15, 0.2) is 37.6 Å². The van der Waals surface area contributed by atoms with Gasteiger partial charge in [0.2, 0.25) is 0 Å². The lowest BCUT2D eigenvalue weighted by molar-refractivity contribution is -0.409. The van der Waals surface area contributed by atoms with Crippen molar-refractivity contribution in [2.75, 3.05) is 26.4 Å². The second-order valence-corrected chi connectivity index (χ2v) is 29.5. The highest BCUT2D eigenvalue weighted by atomic mass is 16.8. The Morgan fingerprint density at radius 2 is 1.10 bits per heavy atom. The molecule has 27 heteroatoms. The first-order valence-electron chi connectivity index (χ1n) is 31.0. The second kappa shape index (κ2) is 23.5. The number of rotatable bonds is 13. The molecule has 5 saturated carbocycles. The minimum absolute atomic E-state index is 0.0282.